The maximum absolute atomic E-state index is 6.03. The lowest BCUT2D eigenvalue weighted by atomic mass is 10.2. The average Bonchev–Trinajstić information content (AvgIpc) is 2.15. The Kier molecular flexibility index (Phi) is 3.66. The Morgan fingerprint density at radius 3 is 2.92 bits per heavy atom. The van der Waals surface area contributed by atoms with Gasteiger partial charge in [0.25, 0.3) is 0 Å². The molecule has 0 atom stereocenters. The van der Waals surface area contributed by atoms with E-state index in [2.05, 4.69) is 4.99 Å². The second kappa shape index (κ2) is 4.33. The number of rotatable bonds is 1. The zero-order valence-corrected chi connectivity index (χ0v) is 8.66. The van der Waals surface area contributed by atoms with Gasteiger partial charge in [0, 0.05) is 6.54 Å². The number of hydrogen-bond acceptors (Lipinski definition) is 2. The molecule has 1 heterocycles. The summed E-state index contributed by atoms with van der Waals surface area (Å²) in [6.07, 6.45) is 2.78. The van der Waals surface area contributed by atoms with Crippen LogP contribution in [0.2, 0.25) is 0 Å². The molecule has 0 spiro atoms. The van der Waals surface area contributed by atoms with Gasteiger partial charge in [0.15, 0.2) is 4.33 Å². The summed E-state index contributed by atoms with van der Waals surface area (Å²) in [4.78, 5) is 4.20. The van der Waals surface area contributed by atoms with E-state index in [1.54, 1.807) is 0 Å². The van der Waals surface area contributed by atoms with E-state index in [0.717, 1.165) is 25.8 Å². The number of ether oxygens (including phenoxy) is 1. The smallest absolute Gasteiger partial charge is 0.220 e. The number of hydrogen-bond donors (Lipinski definition) is 0. The van der Waals surface area contributed by atoms with E-state index in [1.807, 2.05) is 6.92 Å². The Labute approximate surface area is 82.9 Å². The molecule has 0 saturated carbocycles. The van der Waals surface area contributed by atoms with E-state index in [0.29, 0.717) is 12.5 Å². The molecule has 0 fully saturated rings. The van der Waals surface area contributed by atoms with Crippen LogP contribution >= 0.6 is 23.2 Å². The van der Waals surface area contributed by atoms with Gasteiger partial charge in [-0.3, -0.25) is 4.99 Å². The molecule has 4 heteroatoms. The zero-order valence-electron chi connectivity index (χ0n) is 7.15. The molecular formula is C8H13Cl2NO. The van der Waals surface area contributed by atoms with E-state index >= 15 is 0 Å². The molecule has 0 bridgehead atoms. The lowest BCUT2D eigenvalue weighted by Gasteiger charge is -2.19. The predicted molar refractivity (Wildman–Crippen MR) is 52.2 cm³/mol. The first kappa shape index (κ1) is 10.1. The molecule has 0 radical (unpaired) electrons. The minimum Gasteiger partial charge on any atom is -0.479 e. The highest BCUT2D eigenvalue weighted by molar-refractivity contribution is 6.58. The van der Waals surface area contributed by atoms with Crippen molar-refractivity contribution < 1.29 is 4.74 Å². The van der Waals surface area contributed by atoms with Crippen LogP contribution in [-0.2, 0) is 4.74 Å². The van der Waals surface area contributed by atoms with Gasteiger partial charge >= 0.3 is 0 Å². The molecule has 70 valence electrons. The van der Waals surface area contributed by atoms with E-state index in [4.69, 9.17) is 27.9 Å². The number of halogens is 2. The maximum Gasteiger partial charge on any atom is 0.220 e. The molecule has 0 aromatic heterocycles. The van der Waals surface area contributed by atoms with Crippen molar-refractivity contribution in [2.75, 3.05) is 13.2 Å². The molecule has 2 nitrogen and oxygen atoms in total. The molecule has 12 heavy (non-hydrogen) atoms. The van der Waals surface area contributed by atoms with Gasteiger partial charge in [-0.05, 0) is 26.2 Å². The first-order chi connectivity index (χ1) is 5.67. The normalized spacial score (nSPS) is 22.8. The molecule has 1 aliphatic rings. The van der Waals surface area contributed by atoms with Crippen LogP contribution in [0.15, 0.2) is 4.99 Å². The topological polar surface area (TPSA) is 21.6 Å². The third-order valence-electron chi connectivity index (χ3n) is 1.75. The van der Waals surface area contributed by atoms with E-state index < -0.39 is 4.33 Å². The standard InChI is InChI=1S/C8H13Cl2NO/c1-2-12-7-8(9,10)5-3-4-6-11-7/h2-6H2,1H3. The van der Waals surface area contributed by atoms with Crippen molar-refractivity contribution in [2.24, 2.45) is 4.99 Å². The summed E-state index contributed by atoms with van der Waals surface area (Å²) in [5.41, 5.74) is 0. The molecule has 0 amide bonds. The Hall–Kier alpha value is 0.0500. The maximum atomic E-state index is 6.03. The van der Waals surface area contributed by atoms with Gasteiger partial charge in [0.05, 0.1) is 6.61 Å². The number of nitrogens with zero attached hydrogens (tertiary/aromatic N) is 1. The Morgan fingerprint density at radius 2 is 2.25 bits per heavy atom. The summed E-state index contributed by atoms with van der Waals surface area (Å²) in [6, 6.07) is 0. The van der Waals surface area contributed by atoms with Crippen molar-refractivity contribution in [3.63, 3.8) is 0 Å². The van der Waals surface area contributed by atoms with Crippen molar-refractivity contribution in [2.45, 2.75) is 30.5 Å². The summed E-state index contributed by atoms with van der Waals surface area (Å²) in [7, 11) is 0. The fraction of sp³-hybridized carbons (Fsp3) is 0.875. The SMILES string of the molecule is CCOC1=NCCCCC1(Cl)Cl. The molecule has 0 N–H and O–H groups in total. The van der Waals surface area contributed by atoms with E-state index in [1.165, 1.54) is 0 Å². The first-order valence-electron chi connectivity index (χ1n) is 4.22. The first-order valence-corrected chi connectivity index (χ1v) is 4.98. The van der Waals surface area contributed by atoms with Crippen LogP contribution in [0, 0.1) is 0 Å². The third-order valence-corrected chi connectivity index (χ3v) is 2.45. The molecule has 1 rings (SSSR count). The van der Waals surface area contributed by atoms with Gasteiger partial charge in [-0.2, -0.15) is 0 Å². The highest BCUT2D eigenvalue weighted by Crippen LogP contribution is 2.31. The summed E-state index contributed by atoms with van der Waals surface area (Å²) >= 11 is 12.1. The largest absolute Gasteiger partial charge is 0.479 e. The van der Waals surface area contributed by atoms with Gasteiger partial charge < -0.3 is 4.74 Å². The summed E-state index contributed by atoms with van der Waals surface area (Å²) < 4.78 is 4.37. The van der Waals surface area contributed by atoms with Crippen molar-refractivity contribution in [3.05, 3.63) is 0 Å². The van der Waals surface area contributed by atoms with Crippen LogP contribution in [0.25, 0.3) is 0 Å². The molecular weight excluding hydrogens is 197 g/mol. The van der Waals surface area contributed by atoms with Crippen molar-refractivity contribution in [1.82, 2.24) is 0 Å². The molecule has 0 aliphatic carbocycles. The minimum atomic E-state index is -0.896. The van der Waals surface area contributed by atoms with E-state index in [9.17, 15) is 0 Å². The van der Waals surface area contributed by atoms with Crippen molar-refractivity contribution in [1.29, 1.82) is 0 Å². The average molecular weight is 210 g/mol. The zero-order chi connectivity index (χ0) is 9.03. The van der Waals surface area contributed by atoms with Crippen LogP contribution < -0.4 is 0 Å². The van der Waals surface area contributed by atoms with Gasteiger partial charge in [0.2, 0.25) is 5.90 Å². The fourth-order valence-electron chi connectivity index (χ4n) is 1.15. The monoisotopic (exact) mass is 209 g/mol. The molecule has 0 aromatic carbocycles. The predicted octanol–water partition coefficient (Wildman–Crippen LogP) is 2.78. The molecule has 1 aliphatic heterocycles. The fourth-order valence-corrected chi connectivity index (χ4v) is 1.65. The Bertz CT molecular complexity index is 180. The van der Waals surface area contributed by atoms with Crippen molar-refractivity contribution >= 4 is 29.1 Å². The lowest BCUT2D eigenvalue weighted by molar-refractivity contribution is 0.313. The second-order valence-corrected chi connectivity index (χ2v) is 4.27. The van der Waals surface area contributed by atoms with Crippen LogP contribution in [-0.4, -0.2) is 23.4 Å². The number of aliphatic imine (C=N–C) groups is 1. The van der Waals surface area contributed by atoms with Gasteiger partial charge in [-0.15, -0.1) is 0 Å². The van der Waals surface area contributed by atoms with E-state index in [-0.39, 0.29) is 0 Å². The second-order valence-electron chi connectivity index (χ2n) is 2.78. The third kappa shape index (κ3) is 2.53. The summed E-state index contributed by atoms with van der Waals surface area (Å²) in [5.74, 6) is 0.492. The summed E-state index contributed by atoms with van der Waals surface area (Å²) in [5, 5.41) is 0. The quantitative estimate of drug-likeness (QED) is 0.610. The molecule has 0 aromatic rings. The van der Waals surface area contributed by atoms with Gasteiger partial charge in [-0.25, -0.2) is 0 Å². The highest BCUT2D eigenvalue weighted by Gasteiger charge is 2.33. The van der Waals surface area contributed by atoms with Crippen LogP contribution in [0.4, 0.5) is 0 Å². The van der Waals surface area contributed by atoms with Gasteiger partial charge in [0.1, 0.15) is 0 Å². The Morgan fingerprint density at radius 1 is 1.50 bits per heavy atom. The number of alkyl halides is 2. The summed E-state index contributed by atoms with van der Waals surface area (Å²) in [6.45, 7) is 3.24. The van der Waals surface area contributed by atoms with Crippen LogP contribution in [0.5, 0.6) is 0 Å². The van der Waals surface area contributed by atoms with Crippen LogP contribution in [0.3, 0.4) is 0 Å². The Balaban J connectivity index is 2.68. The molecule has 0 saturated heterocycles. The molecule has 0 unspecified atom stereocenters. The van der Waals surface area contributed by atoms with Crippen molar-refractivity contribution in [3.8, 4) is 0 Å². The highest BCUT2D eigenvalue weighted by atomic mass is 35.5. The minimum absolute atomic E-state index is 0.492. The van der Waals surface area contributed by atoms with Gasteiger partial charge in [-0.1, -0.05) is 23.2 Å². The lowest BCUT2D eigenvalue weighted by Crippen LogP contribution is -2.27. The van der Waals surface area contributed by atoms with Crippen LogP contribution in [0.1, 0.15) is 26.2 Å².